The van der Waals surface area contributed by atoms with Crippen LogP contribution in [-0.4, -0.2) is 18.4 Å². The Morgan fingerprint density at radius 1 is 0.914 bits per heavy atom. The van der Waals surface area contributed by atoms with Crippen molar-refractivity contribution in [1.29, 1.82) is 5.26 Å². The first-order valence-electron chi connectivity index (χ1n) is 11.0. The summed E-state index contributed by atoms with van der Waals surface area (Å²) in [5.74, 6) is -0.294. The summed E-state index contributed by atoms with van der Waals surface area (Å²) in [6.45, 7) is 7.64. The highest BCUT2D eigenvalue weighted by Gasteiger charge is 2.12. The minimum atomic E-state index is -0.487. The number of anilines is 2. The molecule has 6 nitrogen and oxygen atoms in total. The highest BCUT2D eigenvalue weighted by atomic mass is 79.9. The van der Waals surface area contributed by atoms with Crippen molar-refractivity contribution < 1.29 is 14.3 Å². The van der Waals surface area contributed by atoms with Crippen molar-refractivity contribution in [1.82, 2.24) is 0 Å². The third kappa shape index (κ3) is 7.05. The molecule has 0 heterocycles. The third-order valence-corrected chi connectivity index (χ3v) is 5.90. The lowest BCUT2D eigenvalue weighted by atomic mass is 10.1. The second kappa shape index (κ2) is 11.5. The molecule has 0 saturated carbocycles. The van der Waals surface area contributed by atoms with Gasteiger partial charge in [-0.3, -0.25) is 9.59 Å². The summed E-state index contributed by atoms with van der Waals surface area (Å²) in [5, 5.41) is 15.1. The summed E-state index contributed by atoms with van der Waals surface area (Å²) in [6, 6.07) is 18.5. The van der Waals surface area contributed by atoms with Crippen LogP contribution in [0, 0.1) is 39.0 Å². The summed E-state index contributed by atoms with van der Waals surface area (Å²) in [6.07, 6.45) is 1.50. The fourth-order valence-corrected chi connectivity index (χ4v) is 3.98. The molecule has 0 aliphatic rings. The second-order valence-electron chi connectivity index (χ2n) is 8.29. The minimum absolute atomic E-state index is 0.0293. The van der Waals surface area contributed by atoms with E-state index in [0.29, 0.717) is 21.5 Å². The van der Waals surface area contributed by atoms with Crippen LogP contribution >= 0.6 is 15.9 Å². The molecule has 0 fully saturated rings. The van der Waals surface area contributed by atoms with Crippen LogP contribution in [0.2, 0.25) is 0 Å². The van der Waals surface area contributed by atoms with Crippen molar-refractivity contribution in [2.75, 3.05) is 17.2 Å². The third-order valence-electron chi connectivity index (χ3n) is 5.28. The van der Waals surface area contributed by atoms with E-state index in [2.05, 4.69) is 26.6 Å². The average molecular weight is 532 g/mol. The van der Waals surface area contributed by atoms with Crippen LogP contribution in [0.4, 0.5) is 11.4 Å². The van der Waals surface area contributed by atoms with E-state index in [1.807, 2.05) is 70.2 Å². The maximum atomic E-state index is 12.6. The number of carbonyl (C=O) groups is 2. The van der Waals surface area contributed by atoms with Crippen LogP contribution in [0.15, 0.2) is 64.6 Å². The van der Waals surface area contributed by atoms with Gasteiger partial charge in [-0.15, -0.1) is 0 Å². The molecule has 0 aliphatic carbocycles. The van der Waals surface area contributed by atoms with E-state index in [-0.39, 0.29) is 18.1 Å². The normalized spacial score (nSPS) is 10.9. The highest BCUT2D eigenvalue weighted by molar-refractivity contribution is 9.10. The van der Waals surface area contributed by atoms with E-state index >= 15 is 0 Å². The first-order valence-corrected chi connectivity index (χ1v) is 11.8. The number of halogens is 1. The van der Waals surface area contributed by atoms with E-state index in [1.165, 1.54) is 6.08 Å². The van der Waals surface area contributed by atoms with Gasteiger partial charge >= 0.3 is 0 Å². The monoisotopic (exact) mass is 531 g/mol. The number of amides is 2. The van der Waals surface area contributed by atoms with Gasteiger partial charge < -0.3 is 15.4 Å². The van der Waals surface area contributed by atoms with Gasteiger partial charge in [0.25, 0.3) is 11.8 Å². The summed E-state index contributed by atoms with van der Waals surface area (Å²) in [5.41, 5.74) is 6.11. The lowest BCUT2D eigenvalue weighted by Crippen LogP contribution is -2.20. The van der Waals surface area contributed by atoms with Gasteiger partial charge in [0.05, 0.1) is 4.47 Å². The van der Waals surface area contributed by atoms with Gasteiger partial charge in [0.1, 0.15) is 17.4 Å². The zero-order valence-electron chi connectivity index (χ0n) is 20.0. The van der Waals surface area contributed by atoms with Gasteiger partial charge in [0.2, 0.25) is 0 Å². The number of nitrogens with one attached hydrogen (secondary N) is 2. The molecule has 3 rings (SSSR count). The molecule has 7 heteroatoms. The Morgan fingerprint density at radius 2 is 1.51 bits per heavy atom. The molecule has 0 atom stereocenters. The van der Waals surface area contributed by atoms with Crippen LogP contribution in [0.5, 0.6) is 5.75 Å². The summed E-state index contributed by atoms with van der Waals surface area (Å²) < 4.78 is 6.24. The van der Waals surface area contributed by atoms with Crippen molar-refractivity contribution >= 4 is 45.2 Å². The summed E-state index contributed by atoms with van der Waals surface area (Å²) >= 11 is 3.43. The summed E-state index contributed by atoms with van der Waals surface area (Å²) in [7, 11) is 0. The number of carbonyl (C=O) groups excluding carboxylic acids is 2. The zero-order chi connectivity index (χ0) is 25.5. The molecule has 0 aromatic heterocycles. The molecule has 3 aromatic rings. The molecule has 0 bridgehead atoms. The van der Waals surface area contributed by atoms with Crippen molar-refractivity contribution in [3.63, 3.8) is 0 Å². The van der Waals surface area contributed by atoms with Crippen molar-refractivity contribution in [3.8, 4) is 11.8 Å². The van der Waals surface area contributed by atoms with Gasteiger partial charge in [0.15, 0.2) is 6.61 Å². The predicted octanol–water partition coefficient (Wildman–Crippen LogP) is 6.25. The Balaban J connectivity index is 1.65. The number of ether oxygens (including phenoxy) is 1. The molecule has 2 amide bonds. The quantitative estimate of drug-likeness (QED) is 0.278. The number of nitrogens with zero attached hydrogens (tertiary/aromatic N) is 1. The van der Waals surface area contributed by atoms with Crippen LogP contribution in [0.25, 0.3) is 6.08 Å². The van der Waals surface area contributed by atoms with E-state index in [0.717, 1.165) is 27.9 Å². The van der Waals surface area contributed by atoms with Crippen molar-refractivity contribution in [2.24, 2.45) is 0 Å². The molecule has 3 aromatic carbocycles. The lowest BCUT2D eigenvalue weighted by molar-refractivity contribution is -0.118. The van der Waals surface area contributed by atoms with Crippen LogP contribution in [-0.2, 0) is 9.59 Å². The Hall–Kier alpha value is -3.89. The van der Waals surface area contributed by atoms with Crippen LogP contribution in [0.3, 0.4) is 0 Å². The number of hydrogen-bond donors (Lipinski definition) is 2. The zero-order valence-corrected chi connectivity index (χ0v) is 21.6. The Morgan fingerprint density at radius 3 is 2.06 bits per heavy atom. The Bertz CT molecular complexity index is 1360. The molecular formula is C28H26BrN3O3. The molecule has 0 radical (unpaired) electrons. The first-order chi connectivity index (χ1) is 16.7. The van der Waals surface area contributed by atoms with Crippen LogP contribution in [0.1, 0.15) is 27.8 Å². The standard InChI is InChI=1S/C28H26BrN3O3/c1-17-5-8-24(19(3)11-17)31-27(33)16-35-26-10-7-21(14-23(26)29)13-22(15-30)28(34)32-25-9-6-18(2)12-20(25)4/h5-14H,16H2,1-4H3,(H,31,33)(H,32,34)/b22-13+. The number of nitriles is 1. The summed E-state index contributed by atoms with van der Waals surface area (Å²) in [4.78, 5) is 24.9. The smallest absolute Gasteiger partial charge is 0.266 e. The largest absolute Gasteiger partial charge is 0.483 e. The topological polar surface area (TPSA) is 91.2 Å². The molecule has 178 valence electrons. The first kappa shape index (κ1) is 25.7. The van der Waals surface area contributed by atoms with Crippen molar-refractivity contribution in [3.05, 3.63) is 92.5 Å². The van der Waals surface area contributed by atoms with Gasteiger partial charge in [-0.05, 0) is 90.7 Å². The average Bonchev–Trinajstić information content (AvgIpc) is 2.80. The molecule has 2 N–H and O–H groups in total. The van der Waals surface area contributed by atoms with Gasteiger partial charge in [-0.25, -0.2) is 0 Å². The van der Waals surface area contributed by atoms with Crippen LogP contribution < -0.4 is 15.4 Å². The van der Waals surface area contributed by atoms with Gasteiger partial charge in [0, 0.05) is 11.4 Å². The van der Waals surface area contributed by atoms with Gasteiger partial charge in [-0.2, -0.15) is 5.26 Å². The fourth-order valence-electron chi connectivity index (χ4n) is 3.47. The Labute approximate surface area is 213 Å². The molecule has 0 saturated heterocycles. The fraction of sp³-hybridized carbons (Fsp3) is 0.179. The molecule has 35 heavy (non-hydrogen) atoms. The molecular weight excluding hydrogens is 506 g/mol. The van der Waals surface area contributed by atoms with E-state index < -0.39 is 5.91 Å². The molecule has 0 unspecified atom stereocenters. The highest BCUT2D eigenvalue weighted by Crippen LogP contribution is 2.27. The van der Waals surface area contributed by atoms with Crippen molar-refractivity contribution in [2.45, 2.75) is 27.7 Å². The maximum Gasteiger partial charge on any atom is 0.266 e. The van der Waals surface area contributed by atoms with E-state index in [4.69, 9.17) is 4.74 Å². The SMILES string of the molecule is Cc1ccc(NC(=O)COc2ccc(/C=C(\C#N)C(=O)Nc3ccc(C)cc3C)cc2Br)c(C)c1. The lowest BCUT2D eigenvalue weighted by Gasteiger charge is -2.11. The number of aryl methyl sites for hydroxylation is 4. The van der Waals surface area contributed by atoms with E-state index in [1.54, 1.807) is 18.2 Å². The number of benzene rings is 3. The predicted molar refractivity (Wildman–Crippen MR) is 142 cm³/mol. The molecule has 0 spiro atoms. The molecule has 0 aliphatic heterocycles. The number of hydrogen-bond acceptors (Lipinski definition) is 4. The van der Waals surface area contributed by atoms with E-state index in [9.17, 15) is 14.9 Å². The number of rotatable bonds is 7. The second-order valence-corrected chi connectivity index (χ2v) is 9.14. The maximum absolute atomic E-state index is 12.6. The Kier molecular flexibility index (Phi) is 8.45. The van der Waals surface area contributed by atoms with Gasteiger partial charge in [-0.1, -0.05) is 41.5 Å². The minimum Gasteiger partial charge on any atom is -0.483 e.